The predicted octanol–water partition coefficient (Wildman–Crippen LogP) is 3.81. The van der Waals surface area contributed by atoms with Crippen LogP contribution in [0.3, 0.4) is 0 Å². The molecule has 0 saturated carbocycles. The molecule has 0 radical (unpaired) electrons. The van der Waals surface area contributed by atoms with Crippen LogP contribution in [0.15, 0.2) is 0 Å². The molecule has 0 fully saturated rings. The number of hydrogen-bond donors (Lipinski definition) is 0. The molecule has 0 aromatic rings. The molecule has 1 unspecified atom stereocenters. The highest BCUT2D eigenvalue weighted by atomic mass is 32.2. The summed E-state index contributed by atoms with van der Waals surface area (Å²) in [7, 11) is 0. The van der Waals surface area contributed by atoms with Gasteiger partial charge in [-0.3, -0.25) is 0 Å². The van der Waals surface area contributed by atoms with Crippen LogP contribution in [0.1, 0.15) is 41.0 Å². The van der Waals surface area contributed by atoms with Gasteiger partial charge in [0.1, 0.15) is 0 Å². The topological polar surface area (TPSA) is 0 Å². The third kappa shape index (κ3) is 4.05. The molecular weight excluding hydrogens is 152 g/mol. The van der Waals surface area contributed by atoms with Crippen molar-refractivity contribution in [3.8, 4) is 0 Å². The summed E-state index contributed by atoms with van der Waals surface area (Å²) in [4.78, 5) is 0. The van der Waals surface area contributed by atoms with Crippen molar-refractivity contribution in [2.24, 2.45) is 11.3 Å². The maximum atomic E-state index is 2.37. The van der Waals surface area contributed by atoms with Crippen LogP contribution in [0, 0.1) is 11.3 Å². The highest BCUT2D eigenvalue weighted by molar-refractivity contribution is 7.99. The van der Waals surface area contributed by atoms with Gasteiger partial charge in [-0.05, 0) is 24.0 Å². The van der Waals surface area contributed by atoms with Crippen LogP contribution in [0.5, 0.6) is 0 Å². The van der Waals surface area contributed by atoms with Gasteiger partial charge in [0.05, 0.1) is 0 Å². The SMILES string of the molecule is CSC(C)CC(C)(C)C(C)C. The molecule has 0 bridgehead atoms. The summed E-state index contributed by atoms with van der Waals surface area (Å²) >= 11 is 1.97. The second-order valence-electron chi connectivity index (χ2n) is 4.39. The first-order valence-electron chi connectivity index (χ1n) is 4.43. The zero-order valence-corrected chi connectivity index (χ0v) is 9.59. The lowest BCUT2D eigenvalue weighted by Gasteiger charge is -2.31. The Morgan fingerprint density at radius 3 is 1.91 bits per heavy atom. The molecule has 0 saturated heterocycles. The molecule has 1 atom stereocenters. The van der Waals surface area contributed by atoms with Crippen LogP contribution >= 0.6 is 11.8 Å². The normalized spacial score (nSPS) is 15.5. The molecule has 0 spiro atoms. The van der Waals surface area contributed by atoms with Crippen LogP contribution in [-0.4, -0.2) is 11.5 Å². The van der Waals surface area contributed by atoms with Gasteiger partial charge in [-0.25, -0.2) is 0 Å². The minimum absolute atomic E-state index is 0.502. The van der Waals surface area contributed by atoms with E-state index < -0.39 is 0 Å². The van der Waals surface area contributed by atoms with E-state index in [1.54, 1.807) is 0 Å². The van der Waals surface area contributed by atoms with Gasteiger partial charge < -0.3 is 0 Å². The van der Waals surface area contributed by atoms with Crippen molar-refractivity contribution in [3.63, 3.8) is 0 Å². The van der Waals surface area contributed by atoms with E-state index in [-0.39, 0.29) is 0 Å². The third-order valence-corrected chi connectivity index (χ3v) is 3.75. The monoisotopic (exact) mass is 174 g/mol. The van der Waals surface area contributed by atoms with Crippen LogP contribution in [0.4, 0.5) is 0 Å². The van der Waals surface area contributed by atoms with Crippen LogP contribution in [0.2, 0.25) is 0 Å². The van der Waals surface area contributed by atoms with E-state index in [4.69, 9.17) is 0 Å². The first-order valence-corrected chi connectivity index (χ1v) is 5.71. The average molecular weight is 174 g/mol. The molecular formula is C10H22S. The zero-order valence-electron chi connectivity index (χ0n) is 8.77. The second-order valence-corrected chi connectivity index (χ2v) is 5.67. The Hall–Kier alpha value is 0.350. The maximum absolute atomic E-state index is 2.37. The molecule has 0 aliphatic rings. The van der Waals surface area contributed by atoms with Gasteiger partial charge in [0.15, 0.2) is 0 Å². The van der Waals surface area contributed by atoms with Gasteiger partial charge in [-0.15, -0.1) is 0 Å². The third-order valence-electron chi connectivity index (χ3n) is 2.78. The van der Waals surface area contributed by atoms with E-state index in [1.807, 2.05) is 11.8 Å². The summed E-state index contributed by atoms with van der Waals surface area (Å²) in [6.07, 6.45) is 3.52. The number of rotatable bonds is 4. The summed E-state index contributed by atoms with van der Waals surface area (Å²) < 4.78 is 0. The molecule has 0 heterocycles. The quantitative estimate of drug-likeness (QED) is 0.624. The summed E-state index contributed by atoms with van der Waals surface area (Å²) in [6.45, 7) is 11.7. The Balaban J connectivity index is 3.90. The lowest BCUT2D eigenvalue weighted by Crippen LogP contribution is -2.22. The number of thioether (sulfide) groups is 1. The van der Waals surface area contributed by atoms with Crippen molar-refractivity contribution in [3.05, 3.63) is 0 Å². The molecule has 0 N–H and O–H groups in total. The first-order chi connectivity index (χ1) is 4.90. The highest BCUT2D eigenvalue weighted by Crippen LogP contribution is 2.33. The average Bonchev–Trinajstić information content (AvgIpc) is 1.86. The molecule has 0 aromatic carbocycles. The molecule has 0 aliphatic heterocycles. The van der Waals surface area contributed by atoms with Crippen molar-refractivity contribution >= 4 is 11.8 Å². The standard InChI is InChI=1S/C10H22S/c1-8(2)10(4,5)7-9(3)11-6/h8-9H,7H2,1-6H3. The van der Waals surface area contributed by atoms with Gasteiger partial charge in [0.2, 0.25) is 0 Å². The lowest BCUT2D eigenvalue weighted by molar-refractivity contribution is 0.230. The number of hydrogen-bond acceptors (Lipinski definition) is 1. The minimum Gasteiger partial charge on any atom is -0.162 e. The van der Waals surface area contributed by atoms with Gasteiger partial charge in [-0.1, -0.05) is 34.6 Å². The molecule has 11 heavy (non-hydrogen) atoms. The first kappa shape index (κ1) is 11.4. The second kappa shape index (κ2) is 4.39. The highest BCUT2D eigenvalue weighted by Gasteiger charge is 2.24. The Kier molecular flexibility index (Phi) is 4.53. The Morgan fingerprint density at radius 2 is 1.64 bits per heavy atom. The van der Waals surface area contributed by atoms with Crippen molar-refractivity contribution in [2.45, 2.75) is 46.3 Å². The van der Waals surface area contributed by atoms with E-state index >= 15 is 0 Å². The van der Waals surface area contributed by atoms with E-state index in [0.717, 1.165) is 11.2 Å². The van der Waals surface area contributed by atoms with E-state index in [9.17, 15) is 0 Å². The summed E-state index contributed by atoms with van der Waals surface area (Å²) in [5.41, 5.74) is 0.502. The molecule has 0 amide bonds. The lowest BCUT2D eigenvalue weighted by atomic mass is 9.77. The van der Waals surface area contributed by atoms with Gasteiger partial charge in [0, 0.05) is 5.25 Å². The smallest absolute Gasteiger partial charge is 0.00211 e. The molecule has 0 aromatic heterocycles. The fourth-order valence-electron chi connectivity index (χ4n) is 1.06. The minimum atomic E-state index is 0.502. The Labute approximate surface area is 76.1 Å². The molecule has 1 heteroatoms. The van der Waals surface area contributed by atoms with E-state index in [1.165, 1.54) is 6.42 Å². The van der Waals surface area contributed by atoms with Crippen LogP contribution in [0.25, 0.3) is 0 Å². The summed E-state index contributed by atoms with van der Waals surface area (Å²) in [5, 5.41) is 0.799. The van der Waals surface area contributed by atoms with E-state index in [2.05, 4.69) is 40.9 Å². The van der Waals surface area contributed by atoms with Gasteiger partial charge >= 0.3 is 0 Å². The molecule has 68 valence electrons. The fourth-order valence-corrected chi connectivity index (χ4v) is 1.66. The predicted molar refractivity (Wildman–Crippen MR) is 56.2 cm³/mol. The maximum Gasteiger partial charge on any atom is 0.00211 e. The molecule has 0 rings (SSSR count). The van der Waals surface area contributed by atoms with Crippen molar-refractivity contribution < 1.29 is 0 Å². The fraction of sp³-hybridized carbons (Fsp3) is 1.00. The van der Waals surface area contributed by atoms with Gasteiger partial charge in [0.25, 0.3) is 0 Å². The molecule has 0 nitrogen and oxygen atoms in total. The van der Waals surface area contributed by atoms with Crippen LogP contribution < -0.4 is 0 Å². The Morgan fingerprint density at radius 1 is 1.18 bits per heavy atom. The molecule has 0 aliphatic carbocycles. The van der Waals surface area contributed by atoms with Crippen LogP contribution in [-0.2, 0) is 0 Å². The van der Waals surface area contributed by atoms with E-state index in [0.29, 0.717) is 5.41 Å². The zero-order chi connectivity index (χ0) is 9.07. The summed E-state index contributed by atoms with van der Waals surface area (Å²) in [5.74, 6) is 0.789. The van der Waals surface area contributed by atoms with Crippen molar-refractivity contribution in [1.29, 1.82) is 0 Å². The summed E-state index contributed by atoms with van der Waals surface area (Å²) in [6, 6.07) is 0. The largest absolute Gasteiger partial charge is 0.162 e. The van der Waals surface area contributed by atoms with Gasteiger partial charge in [-0.2, -0.15) is 11.8 Å². The van der Waals surface area contributed by atoms with Crippen molar-refractivity contribution in [2.75, 3.05) is 6.26 Å². The Bertz CT molecular complexity index is 105. The van der Waals surface area contributed by atoms with Crippen molar-refractivity contribution in [1.82, 2.24) is 0 Å².